The molecule has 3 aromatic rings. The van der Waals surface area contributed by atoms with Crippen molar-refractivity contribution in [1.82, 2.24) is 9.97 Å². The second kappa shape index (κ2) is 7.60. The van der Waals surface area contributed by atoms with Gasteiger partial charge in [0.15, 0.2) is 10.3 Å². The number of amides is 2. The third-order valence-corrected chi connectivity index (χ3v) is 5.36. The number of carbonyl (C=O) groups is 2. The number of nitro benzene ring substituents is 1. The van der Waals surface area contributed by atoms with E-state index in [1.807, 2.05) is 0 Å². The zero-order valence-electron chi connectivity index (χ0n) is 15.3. The second-order valence-corrected chi connectivity index (χ2v) is 8.89. The number of fused-ring (bicyclic) bond motifs is 1. The first kappa shape index (κ1) is 19.8. The molecule has 2 amide bonds. The first-order valence-electron chi connectivity index (χ1n) is 8.22. The van der Waals surface area contributed by atoms with Gasteiger partial charge in [0, 0.05) is 22.9 Å². The van der Waals surface area contributed by atoms with Gasteiger partial charge in [-0.3, -0.25) is 19.7 Å². The molecule has 0 spiro atoms. The average Bonchev–Trinajstić information content (AvgIpc) is 3.18. The Kier molecular flexibility index (Phi) is 5.38. The molecular weight excluding hydrogens is 402 g/mol. The fourth-order valence-corrected chi connectivity index (χ4v) is 3.76. The van der Waals surface area contributed by atoms with Crippen LogP contribution in [0.5, 0.6) is 0 Å². The summed E-state index contributed by atoms with van der Waals surface area (Å²) in [5.74, 6) is -0.464. The van der Waals surface area contributed by atoms with Gasteiger partial charge in [-0.25, -0.2) is 9.97 Å². The minimum atomic E-state index is -0.537. The molecular formula is C17H17N5O4S2. The minimum Gasteiger partial charge on any atom is -0.302 e. The van der Waals surface area contributed by atoms with Crippen molar-refractivity contribution in [3.8, 4) is 0 Å². The summed E-state index contributed by atoms with van der Waals surface area (Å²) in [6.45, 7) is 5.41. The van der Waals surface area contributed by atoms with E-state index in [9.17, 15) is 19.7 Å². The molecule has 1 aromatic carbocycles. The number of hydrogen-bond donors (Lipinski definition) is 2. The van der Waals surface area contributed by atoms with E-state index in [0.717, 1.165) is 11.3 Å². The zero-order chi connectivity index (χ0) is 20.5. The van der Waals surface area contributed by atoms with Crippen LogP contribution in [-0.2, 0) is 16.0 Å². The van der Waals surface area contributed by atoms with E-state index in [-0.39, 0.29) is 23.9 Å². The van der Waals surface area contributed by atoms with Crippen molar-refractivity contribution < 1.29 is 14.5 Å². The fraction of sp³-hybridized carbons (Fsp3) is 0.294. The van der Waals surface area contributed by atoms with E-state index in [1.54, 1.807) is 32.2 Å². The van der Waals surface area contributed by atoms with Crippen LogP contribution in [0.3, 0.4) is 0 Å². The first-order chi connectivity index (χ1) is 13.1. The molecule has 0 unspecified atom stereocenters. The van der Waals surface area contributed by atoms with Gasteiger partial charge in [0.1, 0.15) is 0 Å². The summed E-state index contributed by atoms with van der Waals surface area (Å²) in [4.78, 5) is 43.1. The Morgan fingerprint density at radius 3 is 2.61 bits per heavy atom. The Morgan fingerprint density at radius 1 is 1.18 bits per heavy atom. The zero-order valence-corrected chi connectivity index (χ0v) is 16.9. The molecule has 0 fully saturated rings. The molecule has 0 saturated heterocycles. The van der Waals surface area contributed by atoms with Crippen molar-refractivity contribution in [3.63, 3.8) is 0 Å². The summed E-state index contributed by atoms with van der Waals surface area (Å²) < 4.78 is 0.616. The van der Waals surface area contributed by atoms with E-state index < -0.39 is 10.3 Å². The molecule has 0 atom stereocenters. The lowest BCUT2D eigenvalue weighted by Gasteiger charge is -2.15. The van der Waals surface area contributed by atoms with Gasteiger partial charge >= 0.3 is 0 Å². The Morgan fingerprint density at radius 2 is 1.93 bits per heavy atom. The third-order valence-electron chi connectivity index (χ3n) is 3.62. The van der Waals surface area contributed by atoms with Crippen molar-refractivity contribution in [1.29, 1.82) is 0 Å². The summed E-state index contributed by atoms with van der Waals surface area (Å²) in [6, 6.07) is 4.34. The smallest absolute Gasteiger partial charge is 0.270 e. The van der Waals surface area contributed by atoms with Gasteiger partial charge in [-0.1, -0.05) is 32.1 Å². The van der Waals surface area contributed by atoms with Gasteiger partial charge in [0.2, 0.25) is 11.8 Å². The van der Waals surface area contributed by atoms with Crippen LogP contribution >= 0.6 is 22.7 Å². The van der Waals surface area contributed by atoms with Crippen LogP contribution in [0, 0.1) is 15.5 Å². The molecule has 0 bridgehead atoms. The number of rotatable bonds is 5. The Balaban J connectivity index is 1.64. The normalized spacial score (nSPS) is 11.4. The number of carbonyl (C=O) groups excluding carboxylic acids is 2. The van der Waals surface area contributed by atoms with Gasteiger partial charge in [0.25, 0.3) is 5.69 Å². The van der Waals surface area contributed by atoms with Crippen LogP contribution in [0.4, 0.5) is 16.0 Å². The van der Waals surface area contributed by atoms with Crippen molar-refractivity contribution in [3.05, 3.63) is 39.4 Å². The van der Waals surface area contributed by atoms with E-state index >= 15 is 0 Å². The van der Waals surface area contributed by atoms with Crippen LogP contribution in [0.15, 0.2) is 23.6 Å². The molecule has 2 N–H and O–H groups in total. The summed E-state index contributed by atoms with van der Waals surface area (Å²) in [6.07, 6.45) is 0.0258. The van der Waals surface area contributed by atoms with Gasteiger partial charge in [-0.05, 0) is 6.07 Å². The Labute approximate surface area is 168 Å². The highest BCUT2D eigenvalue weighted by Crippen LogP contribution is 2.29. The highest BCUT2D eigenvalue weighted by molar-refractivity contribution is 7.22. The molecule has 9 nitrogen and oxygen atoms in total. The Hall–Kier alpha value is -2.92. The van der Waals surface area contributed by atoms with Crippen LogP contribution in [0.2, 0.25) is 0 Å². The molecule has 0 radical (unpaired) electrons. The van der Waals surface area contributed by atoms with E-state index in [2.05, 4.69) is 20.6 Å². The maximum absolute atomic E-state index is 12.2. The monoisotopic (exact) mass is 419 g/mol. The topological polar surface area (TPSA) is 127 Å². The molecule has 3 rings (SSSR count). The molecule has 146 valence electrons. The average molecular weight is 419 g/mol. The standard InChI is InChI=1S/C17H17N5O4S2/c1-17(2,3)14(24)21-15-18-9(8-27-15)6-13(23)20-16-19-11-5-4-10(22(25)26)7-12(11)28-16/h4-5,7-8H,6H2,1-3H3,(H,18,21,24)(H,19,20,23). The lowest BCUT2D eigenvalue weighted by atomic mass is 9.96. The number of anilines is 2. The number of hydrogen-bond acceptors (Lipinski definition) is 8. The van der Waals surface area contributed by atoms with Crippen molar-refractivity contribution in [2.24, 2.45) is 5.41 Å². The molecule has 0 aliphatic carbocycles. The minimum absolute atomic E-state index is 0.0258. The number of aromatic nitrogens is 2. The van der Waals surface area contributed by atoms with Crippen LogP contribution in [0.1, 0.15) is 26.5 Å². The van der Waals surface area contributed by atoms with Crippen LogP contribution < -0.4 is 10.6 Å². The van der Waals surface area contributed by atoms with Crippen molar-refractivity contribution in [2.45, 2.75) is 27.2 Å². The lowest BCUT2D eigenvalue weighted by Crippen LogP contribution is -2.27. The Bertz CT molecular complexity index is 1070. The van der Waals surface area contributed by atoms with E-state index in [4.69, 9.17) is 0 Å². The first-order valence-corrected chi connectivity index (χ1v) is 9.92. The van der Waals surface area contributed by atoms with E-state index in [0.29, 0.717) is 26.2 Å². The molecule has 28 heavy (non-hydrogen) atoms. The van der Waals surface area contributed by atoms with Gasteiger partial charge in [-0.2, -0.15) is 0 Å². The van der Waals surface area contributed by atoms with Crippen LogP contribution in [0.25, 0.3) is 10.2 Å². The summed E-state index contributed by atoms with van der Waals surface area (Å²) in [5, 5.41) is 18.8. The predicted molar refractivity (Wildman–Crippen MR) is 109 cm³/mol. The van der Waals surface area contributed by atoms with Crippen molar-refractivity contribution >= 4 is 60.7 Å². The number of benzene rings is 1. The number of nitrogens with one attached hydrogen (secondary N) is 2. The largest absolute Gasteiger partial charge is 0.302 e. The van der Waals surface area contributed by atoms with Crippen molar-refractivity contribution in [2.75, 3.05) is 10.6 Å². The number of non-ortho nitro benzene ring substituents is 1. The van der Waals surface area contributed by atoms with Gasteiger partial charge in [0.05, 0.1) is 27.3 Å². The highest BCUT2D eigenvalue weighted by Gasteiger charge is 2.22. The number of nitrogens with zero attached hydrogens (tertiary/aromatic N) is 3. The highest BCUT2D eigenvalue weighted by atomic mass is 32.1. The van der Waals surface area contributed by atoms with Gasteiger partial charge in [-0.15, -0.1) is 11.3 Å². The summed E-state index contributed by atoms with van der Waals surface area (Å²) in [7, 11) is 0. The number of thiazole rings is 2. The maximum atomic E-state index is 12.2. The maximum Gasteiger partial charge on any atom is 0.270 e. The summed E-state index contributed by atoms with van der Waals surface area (Å²) in [5.41, 5.74) is 0.544. The lowest BCUT2D eigenvalue weighted by molar-refractivity contribution is -0.384. The number of nitro groups is 1. The molecule has 0 aliphatic heterocycles. The van der Waals surface area contributed by atoms with E-state index in [1.165, 1.54) is 23.5 Å². The van der Waals surface area contributed by atoms with Gasteiger partial charge < -0.3 is 10.6 Å². The SMILES string of the molecule is CC(C)(C)C(=O)Nc1nc(CC(=O)Nc2nc3ccc([N+](=O)[O-])cc3s2)cs1. The molecule has 0 aliphatic rings. The van der Waals surface area contributed by atoms with Crippen LogP contribution in [-0.4, -0.2) is 26.7 Å². The quantitative estimate of drug-likeness (QED) is 0.478. The fourth-order valence-electron chi connectivity index (χ4n) is 2.14. The molecule has 2 heterocycles. The third kappa shape index (κ3) is 4.67. The second-order valence-electron chi connectivity index (χ2n) is 7.00. The molecule has 2 aromatic heterocycles. The summed E-state index contributed by atoms with van der Waals surface area (Å²) >= 11 is 2.41. The predicted octanol–water partition coefficient (Wildman–Crippen LogP) is 3.83. The molecule has 0 saturated carbocycles. The molecule has 11 heteroatoms.